The third-order valence-corrected chi connectivity index (χ3v) is 3.58. The van der Waals surface area contributed by atoms with Gasteiger partial charge in [0.25, 0.3) is 0 Å². The van der Waals surface area contributed by atoms with Crippen LogP contribution in [0.1, 0.15) is 25.2 Å². The Balaban J connectivity index is 2.14. The smallest absolute Gasteiger partial charge is 0.164 e. The highest BCUT2D eigenvalue weighted by molar-refractivity contribution is 14.1. The summed E-state index contributed by atoms with van der Waals surface area (Å²) in [6, 6.07) is 5.42. The van der Waals surface area contributed by atoms with E-state index in [0.717, 1.165) is 15.9 Å². The zero-order chi connectivity index (χ0) is 15.4. The van der Waals surface area contributed by atoms with Crippen LogP contribution in [0.15, 0.2) is 18.5 Å². The van der Waals surface area contributed by atoms with E-state index >= 15 is 0 Å². The molecular weight excluding hydrogens is 381 g/mol. The van der Waals surface area contributed by atoms with Crippen molar-refractivity contribution in [2.24, 2.45) is 5.92 Å². The van der Waals surface area contributed by atoms with Crippen molar-refractivity contribution in [3.8, 4) is 11.8 Å². The number of aromatic nitrogens is 3. The SMILES string of the molecule is CC(C)Cn1ncnc1COc1c(N)cc(C#N)cc1I. The highest BCUT2D eigenvalue weighted by Gasteiger charge is 2.12. The molecule has 110 valence electrons. The van der Waals surface area contributed by atoms with Gasteiger partial charge in [0.2, 0.25) is 0 Å². The van der Waals surface area contributed by atoms with Crippen LogP contribution in [0.3, 0.4) is 0 Å². The Kier molecular flexibility index (Phi) is 5.01. The van der Waals surface area contributed by atoms with E-state index in [1.54, 1.807) is 12.1 Å². The topological polar surface area (TPSA) is 89.8 Å². The molecule has 0 unspecified atom stereocenters. The first kappa shape index (κ1) is 15.6. The van der Waals surface area contributed by atoms with Crippen molar-refractivity contribution < 1.29 is 4.74 Å². The maximum atomic E-state index is 8.91. The lowest BCUT2D eigenvalue weighted by Crippen LogP contribution is -2.13. The van der Waals surface area contributed by atoms with Gasteiger partial charge in [0, 0.05) is 6.54 Å². The minimum absolute atomic E-state index is 0.290. The fourth-order valence-electron chi connectivity index (χ4n) is 1.87. The number of nitrogens with two attached hydrogens (primary N) is 1. The third-order valence-electron chi connectivity index (χ3n) is 2.78. The second kappa shape index (κ2) is 6.76. The standard InChI is InChI=1S/C14H16IN5O/c1-9(2)6-20-13(18-8-19-20)7-21-14-11(15)3-10(5-16)4-12(14)17/h3-4,8-9H,6-7,17H2,1-2H3. The molecule has 0 aliphatic heterocycles. The molecule has 6 nitrogen and oxygen atoms in total. The van der Waals surface area contributed by atoms with Crippen LogP contribution >= 0.6 is 22.6 Å². The molecule has 2 N–H and O–H groups in total. The van der Waals surface area contributed by atoms with Crippen LogP contribution in [0.25, 0.3) is 0 Å². The summed E-state index contributed by atoms with van der Waals surface area (Å²) < 4.78 is 8.40. The molecule has 0 saturated heterocycles. The summed E-state index contributed by atoms with van der Waals surface area (Å²) in [5.74, 6) is 1.81. The summed E-state index contributed by atoms with van der Waals surface area (Å²) in [5, 5.41) is 13.1. The Bertz CT molecular complexity index is 651. The zero-order valence-electron chi connectivity index (χ0n) is 11.9. The molecule has 7 heteroatoms. The number of hydrogen-bond acceptors (Lipinski definition) is 5. The van der Waals surface area contributed by atoms with Gasteiger partial charge in [0.05, 0.1) is 20.9 Å². The summed E-state index contributed by atoms with van der Waals surface area (Å²) in [7, 11) is 0. The summed E-state index contributed by atoms with van der Waals surface area (Å²) in [5.41, 5.74) is 6.91. The van der Waals surface area contributed by atoms with Crippen molar-refractivity contribution >= 4 is 28.3 Å². The fraction of sp³-hybridized carbons (Fsp3) is 0.357. The van der Waals surface area contributed by atoms with Crippen LogP contribution in [0.5, 0.6) is 5.75 Å². The summed E-state index contributed by atoms with van der Waals surface area (Å²) in [6.45, 7) is 5.32. The first-order valence-corrected chi connectivity index (χ1v) is 7.57. The Morgan fingerprint density at radius 3 is 2.86 bits per heavy atom. The number of nitrogens with zero attached hydrogens (tertiary/aromatic N) is 4. The van der Waals surface area contributed by atoms with Crippen LogP contribution in [-0.2, 0) is 13.2 Å². The number of nitrogen functional groups attached to an aromatic ring is 1. The average molecular weight is 397 g/mol. The summed E-state index contributed by atoms with van der Waals surface area (Å²) in [6.07, 6.45) is 1.52. The number of halogens is 1. The first-order chi connectivity index (χ1) is 10.0. The molecular formula is C14H16IN5O. The van der Waals surface area contributed by atoms with Gasteiger partial charge in [0.1, 0.15) is 12.9 Å². The van der Waals surface area contributed by atoms with E-state index in [2.05, 4.69) is 52.6 Å². The van der Waals surface area contributed by atoms with Gasteiger partial charge in [-0.2, -0.15) is 10.4 Å². The van der Waals surface area contributed by atoms with Crippen LogP contribution in [-0.4, -0.2) is 14.8 Å². The van der Waals surface area contributed by atoms with Crippen LogP contribution in [0.2, 0.25) is 0 Å². The summed E-state index contributed by atoms with van der Waals surface area (Å²) in [4.78, 5) is 4.21. The lowest BCUT2D eigenvalue weighted by Gasteiger charge is -2.12. The highest BCUT2D eigenvalue weighted by atomic mass is 127. The number of anilines is 1. The Morgan fingerprint density at radius 2 is 2.24 bits per heavy atom. The van der Waals surface area contributed by atoms with Crippen molar-refractivity contribution in [3.63, 3.8) is 0 Å². The second-order valence-electron chi connectivity index (χ2n) is 5.03. The molecule has 21 heavy (non-hydrogen) atoms. The quantitative estimate of drug-likeness (QED) is 0.619. The number of hydrogen-bond donors (Lipinski definition) is 1. The van der Waals surface area contributed by atoms with Gasteiger partial charge in [-0.3, -0.25) is 0 Å². The predicted octanol–water partition coefficient (Wildman–Crippen LogP) is 2.57. The predicted molar refractivity (Wildman–Crippen MR) is 87.5 cm³/mol. The lowest BCUT2D eigenvalue weighted by molar-refractivity contribution is 0.282. The molecule has 2 rings (SSSR count). The molecule has 0 radical (unpaired) electrons. The lowest BCUT2D eigenvalue weighted by atomic mass is 10.2. The van der Waals surface area contributed by atoms with Gasteiger partial charge in [-0.1, -0.05) is 13.8 Å². The van der Waals surface area contributed by atoms with Crippen molar-refractivity contribution in [1.29, 1.82) is 5.26 Å². The highest BCUT2D eigenvalue weighted by Crippen LogP contribution is 2.30. The van der Waals surface area contributed by atoms with Gasteiger partial charge in [-0.15, -0.1) is 0 Å². The molecule has 1 aromatic heterocycles. The van der Waals surface area contributed by atoms with E-state index < -0.39 is 0 Å². The van der Waals surface area contributed by atoms with E-state index in [1.165, 1.54) is 6.33 Å². The molecule has 1 aromatic carbocycles. The summed E-state index contributed by atoms with van der Waals surface area (Å²) >= 11 is 2.11. The number of ether oxygens (including phenoxy) is 1. The monoisotopic (exact) mass is 397 g/mol. The molecule has 0 spiro atoms. The average Bonchev–Trinajstić information content (AvgIpc) is 2.84. The second-order valence-corrected chi connectivity index (χ2v) is 6.19. The molecule has 0 saturated carbocycles. The molecule has 2 aromatic rings. The van der Waals surface area contributed by atoms with E-state index in [-0.39, 0.29) is 0 Å². The molecule has 1 heterocycles. The Labute approximate surface area is 137 Å². The van der Waals surface area contributed by atoms with Gasteiger partial charge >= 0.3 is 0 Å². The first-order valence-electron chi connectivity index (χ1n) is 6.50. The van der Waals surface area contributed by atoms with Crippen molar-refractivity contribution in [2.45, 2.75) is 27.0 Å². The van der Waals surface area contributed by atoms with E-state index in [9.17, 15) is 0 Å². The van der Waals surface area contributed by atoms with Gasteiger partial charge < -0.3 is 10.5 Å². The van der Waals surface area contributed by atoms with Gasteiger partial charge in [-0.05, 0) is 40.6 Å². The number of rotatable bonds is 5. The van der Waals surface area contributed by atoms with Gasteiger partial charge in [-0.25, -0.2) is 9.67 Å². The van der Waals surface area contributed by atoms with E-state index in [4.69, 9.17) is 15.7 Å². The molecule has 0 fully saturated rings. The molecule has 0 amide bonds. The van der Waals surface area contributed by atoms with Gasteiger partial charge in [0.15, 0.2) is 11.6 Å². The molecule has 0 aliphatic carbocycles. The third kappa shape index (κ3) is 3.85. The minimum atomic E-state index is 0.290. The van der Waals surface area contributed by atoms with Crippen LogP contribution < -0.4 is 10.5 Å². The number of nitriles is 1. The fourth-order valence-corrected chi connectivity index (χ4v) is 2.67. The maximum absolute atomic E-state index is 8.91. The van der Waals surface area contributed by atoms with E-state index in [1.807, 2.05) is 4.68 Å². The molecule has 0 atom stereocenters. The minimum Gasteiger partial charge on any atom is -0.482 e. The molecule has 0 aliphatic rings. The van der Waals surface area contributed by atoms with E-state index in [0.29, 0.717) is 29.5 Å². The normalized spacial score (nSPS) is 10.6. The largest absolute Gasteiger partial charge is 0.482 e. The maximum Gasteiger partial charge on any atom is 0.164 e. The van der Waals surface area contributed by atoms with Crippen molar-refractivity contribution in [1.82, 2.24) is 14.8 Å². The molecule has 0 bridgehead atoms. The van der Waals surface area contributed by atoms with Crippen molar-refractivity contribution in [3.05, 3.63) is 33.4 Å². The Morgan fingerprint density at radius 1 is 1.48 bits per heavy atom. The Hall–Kier alpha value is -1.82. The number of benzene rings is 1. The van der Waals surface area contributed by atoms with Crippen LogP contribution in [0.4, 0.5) is 5.69 Å². The zero-order valence-corrected chi connectivity index (χ0v) is 14.0. The van der Waals surface area contributed by atoms with Crippen molar-refractivity contribution in [2.75, 3.05) is 5.73 Å². The van der Waals surface area contributed by atoms with Crippen LogP contribution in [0, 0.1) is 20.8 Å².